The minimum Gasteiger partial charge on any atom is -0.368 e. The molecule has 0 aliphatic carbocycles. The second-order valence-corrected chi connectivity index (χ2v) is 5.53. The molecule has 0 aliphatic heterocycles. The summed E-state index contributed by atoms with van der Waals surface area (Å²) in [6.07, 6.45) is 3.11. The van der Waals surface area contributed by atoms with Crippen LogP contribution in [0.15, 0.2) is 42.7 Å². The number of rotatable bonds is 2. The smallest absolute Gasteiger partial charge is 0.324 e. The first-order valence-electron chi connectivity index (χ1n) is 7.78. The lowest BCUT2D eigenvalue weighted by molar-refractivity contribution is 0.262. The van der Waals surface area contributed by atoms with E-state index >= 15 is 0 Å². The molecule has 0 fully saturated rings. The third-order valence-corrected chi connectivity index (χ3v) is 3.39. The van der Waals surface area contributed by atoms with E-state index in [2.05, 4.69) is 37.5 Å². The van der Waals surface area contributed by atoms with Crippen LogP contribution in [-0.2, 0) is 7.05 Å². The zero-order valence-electron chi connectivity index (χ0n) is 14.3. The Morgan fingerprint density at radius 2 is 1.85 bits per heavy atom. The fourth-order valence-electron chi connectivity index (χ4n) is 2.23. The number of benzene rings is 1. The van der Waals surface area contributed by atoms with Gasteiger partial charge in [-0.3, -0.25) is 10.00 Å². The van der Waals surface area contributed by atoms with Gasteiger partial charge in [-0.2, -0.15) is 5.10 Å². The van der Waals surface area contributed by atoms with Gasteiger partial charge in [0.25, 0.3) is 0 Å². The highest BCUT2D eigenvalue weighted by molar-refractivity contribution is 5.99. The molecule has 0 bridgehead atoms. The number of hydrogen-bond acceptors (Lipinski definition) is 5. The molecular weight excluding hydrogens is 330 g/mol. The number of nitrogens with zero attached hydrogens (tertiary/aromatic N) is 4. The van der Waals surface area contributed by atoms with Crippen LogP contribution in [-0.4, -0.2) is 25.8 Å². The Balaban J connectivity index is 1.68. The van der Waals surface area contributed by atoms with Gasteiger partial charge in [0.1, 0.15) is 5.82 Å². The molecule has 2 amide bonds. The van der Waals surface area contributed by atoms with Gasteiger partial charge in [-0.1, -0.05) is 17.9 Å². The molecular formula is C18H17N7O. The number of hydrogen-bond donors (Lipinski definition) is 3. The van der Waals surface area contributed by atoms with E-state index in [9.17, 15) is 4.79 Å². The van der Waals surface area contributed by atoms with Crippen LogP contribution in [0.25, 0.3) is 0 Å². The number of nitrogens with one attached hydrogen (secondary N) is 2. The third-order valence-electron chi connectivity index (χ3n) is 3.39. The summed E-state index contributed by atoms with van der Waals surface area (Å²) in [6.45, 7) is 1.86. The van der Waals surface area contributed by atoms with E-state index in [1.807, 2.05) is 19.1 Å². The first-order valence-corrected chi connectivity index (χ1v) is 7.78. The van der Waals surface area contributed by atoms with Gasteiger partial charge in [0.15, 0.2) is 0 Å². The monoisotopic (exact) mass is 347 g/mol. The summed E-state index contributed by atoms with van der Waals surface area (Å²) in [5.74, 6) is 6.76. The average molecular weight is 347 g/mol. The van der Waals surface area contributed by atoms with Crippen LogP contribution in [0, 0.1) is 18.8 Å². The molecule has 1 aromatic carbocycles. The van der Waals surface area contributed by atoms with Crippen molar-refractivity contribution < 1.29 is 4.79 Å². The maximum Gasteiger partial charge on any atom is 0.324 e. The van der Waals surface area contributed by atoms with Crippen molar-refractivity contribution in [3.63, 3.8) is 0 Å². The number of carbonyl (C=O) groups excluding carboxylic acids is 1. The van der Waals surface area contributed by atoms with Crippen LogP contribution < -0.4 is 16.4 Å². The van der Waals surface area contributed by atoms with E-state index < -0.39 is 0 Å². The molecule has 8 nitrogen and oxygen atoms in total. The summed E-state index contributed by atoms with van der Waals surface area (Å²) in [7, 11) is 1.76. The highest BCUT2D eigenvalue weighted by Crippen LogP contribution is 2.12. The number of aryl methyl sites for hydroxylation is 2. The van der Waals surface area contributed by atoms with E-state index in [-0.39, 0.29) is 12.0 Å². The van der Waals surface area contributed by atoms with Crippen molar-refractivity contribution in [3.05, 3.63) is 59.5 Å². The van der Waals surface area contributed by atoms with Gasteiger partial charge in [0.2, 0.25) is 5.95 Å². The molecule has 3 rings (SSSR count). The Morgan fingerprint density at radius 1 is 1.12 bits per heavy atom. The van der Waals surface area contributed by atoms with Crippen LogP contribution in [0.3, 0.4) is 0 Å². The van der Waals surface area contributed by atoms with Gasteiger partial charge >= 0.3 is 6.03 Å². The largest absolute Gasteiger partial charge is 0.368 e. The fourth-order valence-corrected chi connectivity index (χ4v) is 2.23. The molecule has 8 heteroatoms. The van der Waals surface area contributed by atoms with Crippen molar-refractivity contribution >= 4 is 23.5 Å². The van der Waals surface area contributed by atoms with Gasteiger partial charge < -0.3 is 11.1 Å². The predicted molar refractivity (Wildman–Crippen MR) is 99.5 cm³/mol. The van der Waals surface area contributed by atoms with Crippen LogP contribution in [0.2, 0.25) is 0 Å². The zero-order chi connectivity index (χ0) is 18.5. The topological polar surface area (TPSA) is 111 Å². The normalized spacial score (nSPS) is 9.92. The Kier molecular flexibility index (Phi) is 4.80. The lowest BCUT2D eigenvalue weighted by Crippen LogP contribution is -2.21. The number of nitrogen functional groups attached to an aromatic ring is 1. The summed E-state index contributed by atoms with van der Waals surface area (Å²) >= 11 is 0. The van der Waals surface area contributed by atoms with E-state index in [1.54, 1.807) is 42.3 Å². The zero-order valence-corrected chi connectivity index (χ0v) is 14.3. The van der Waals surface area contributed by atoms with Crippen LogP contribution in [0.1, 0.15) is 16.8 Å². The lowest BCUT2D eigenvalue weighted by atomic mass is 10.2. The van der Waals surface area contributed by atoms with Crippen molar-refractivity contribution in [2.75, 3.05) is 16.4 Å². The maximum absolute atomic E-state index is 12.1. The Hall–Kier alpha value is -3.86. The first-order chi connectivity index (χ1) is 12.5. The van der Waals surface area contributed by atoms with E-state index in [1.165, 1.54) is 0 Å². The van der Waals surface area contributed by atoms with Crippen LogP contribution >= 0.6 is 0 Å². The molecule has 0 saturated carbocycles. The summed E-state index contributed by atoms with van der Waals surface area (Å²) in [5.41, 5.74) is 8.30. The number of amides is 2. The number of anilines is 3. The summed E-state index contributed by atoms with van der Waals surface area (Å²) in [6, 6.07) is 8.65. The van der Waals surface area contributed by atoms with Crippen LogP contribution in [0.5, 0.6) is 0 Å². The minimum absolute atomic E-state index is 0.205. The quantitative estimate of drug-likeness (QED) is 0.615. The Labute approximate surface area is 150 Å². The van der Waals surface area contributed by atoms with Crippen molar-refractivity contribution in [1.82, 2.24) is 19.7 Å². The number of aromatic nitrogens is 4. The molecule has 0 saturated heterocycles. The minimum atomic E-state index is -0.356. The van der Waals surface area contributed by atoms with Gasteiger partial charge in [0, 0.05) is 36.8 Å². The molecule has 0 aliphatic rings. The van der Waals surface area contributed by atoms with Crippen molar-refractivity contribution in [1.29, 1.82) is 0 Å². The van der Waals surface area contributed by atoms with Gasteiger partial charge in [-0.25, -0.2) is 14.8 Å². The molecule has 2 aromatic heterocycles. The van der Waals surface area contributed by atoms with Crippen molar-refractivity contribution in [3.8, 4) is 11.8 Å². The fraction of sp³-hybridized carbons (Fsp3) is 0.111. The number of carbonyl (C=O) groups is 1. The standard InChI is InChI=1S/C18H17N7O/c1-12-8-16(25(2)24-12)23-18(26)22-15-5-3-4-13(9-15)6-7-14-10-20-17(19)21-11-14/h3-5,8-11H,1-2H3,(H2,19,20,21)(H2,22,23,26). The Bertz CT molecular complexity index is 996. The summed E-state index contributed by atoms with van der Waals surface area (Å²) in [5, 5.41) is 9.70. The molecule has 4 N–H and O–H groups in total. The molecule has 0 radical (unpaired) electrons. The van der Waals surface area contributed by atoms with E-state index in [0.717, 1.165) is 11.3 Å². The highest BCUT2D eigenvalue weighted by Gasteiger charge is 2.07. The lowest BCUT2D eigenvalue weighted by Gasteiger charge is -2.07. The van der Waals surface area contributed by atoms with E-state index in [4.69, 9.17) is 5.73 Å². The average Bonchev–Trinajstić information content (AvgIpc) is 2.92. The SMILES string of the molecule is Cc1cc(NC(=O)Nc2cccc(C#Cc3cnc(N)nc3)c2)n(C)n1. The highest BCUT2D eigenvalue weighted by atomic mass is 16.2. The second kappa shape index (κ2) is 7.36. The van der Waals surface area contributed by atoms with Gasteiger partial charge in [-0.15, -0.1) is 0 Å². The van der Waals surface area contributed by atoms with E-state index in [0.29, 0.717) is 17.1 Å². The molecule has 130 valence electrons. The van der Waals surface area contributed by atoms with Crippen molar-refractivity contribution in [2.24, 2.45) is 7.05 Å². The first kappa shape index (κ1) is 17.0. The molecule has 3 aromatic rings. The number of nitrogens with two attached hydrogens (primary N) is 1. The second-order valence-electron chi connectivity index (χ2n) is 5.53. The van der Waals surface area contributed by atoms with Gasteiger partial charge in [0.05, 0.1) is 11.3 Å². The van der Waals surface area contributed by atoms with Gasteiger partial charge in [-0.05, 0) is 25.1 Å². The van der Waals surface area contributed by atoms with Crippen LogP contribution in [0.4, 0.5) is 22.2 Å². The maximum atomic E-state index is 12.1. The summed E-state index contributed by atoms with van der Waals surface area (Å²) in [4.78, 5) is 19.9. The third kappa shape index (κ3) is 4.36. The molecule has 0 unspecified atom stereocenters. The predicted octanol–water partition coefficient (Wildman–Crippen LogP) is 2.14. The Morgan fingerprint density at radius 3 is 2.54 bits per heavy atom. The summed E-state index contributed by atoms with van der Waals surface area (Å²) < 4.78 is 1.60. The molecule has 0 spiro atoms. The molecule has 2 heterocycles. The molecule has 26 heavy (non-hydrogen) atoms. The molecule has 0 atom stereocenters. The number of urea groups is 1. The van der Waals surface area contributed by atoms with Crippen molar-refractivity contribution in [2.45, 2.75) is 6.92 Å².